The van der Waals surface area contributed by atoms with Crippen molar-refractivity contribution in [3.05, 3.63) is 23.9 Å². The van der Waals surface area contributed by atoms with Gasteiger partial charge >= 0.3 is 5.97 Å². The van der Waals surface area contributed by atoms with Crippen molar-refractivity contribution in [2.45, 2.75) is 19.4 Å². The molecule has 2 heterocycles. The van der Waals surface area contributed by atoms with Gasteiger partial charge in [0, 0.05) is 19.3 Å². The van der Waals surface area contributed by atoms with Crippen LogP contribution in [0.15, 0.2) is 18.3 Å². The monoisotopic (exact) mass is 250 g/mol. The maximum Gasteiger partial charge on any atom is 0.339 e. The number of hydrogen-bond acceptors (Lipinski definition) is 5. The highest BCUT2D eigenvalue weighted by molar-refractivity contribution is 5.89. The maximum atomic E-state index is 11.3. The molecule has 5 nitrogen and oxygen atoms in total. The van der Waals surface area contributed by atoms with Gasteiger partial charge in [-0.1, -0.05) is 0 Å². The Hall–Kier alpha value is -1.62. The zero-order valence-electron chi connectivity index (χ0n) is 11.0. The second-order valence-electron chi connectivity index (χ2n) is 4.93. The third-order valence-corrected chi connectivity index (χ3v) is 2.92. The van der Waals surface area contributed by atoms with E-state index in [1.807, 2.05) is 6.07 Å². The zero-order chi connectivity index (χ0) is 13.2. The van der Waals surface area contributed by atoms with Crippen LogP contribution in [0, 0.1) is 0 Å². The van der Waals surface area contributed by atoms with Crippen LogP contribution in [-0.4, -0.2) is 43.4 Å². The third kappa shape index (κ3) is 2.79. The molecule has 0 bridgehead atoms. The maximum absolute atomic E-state index is 11.3. The summed E-state index contributed by atoms with van der Waals surface area (Å²) in [5.41, 5.74) is 0.301. The van der Waals surface area contributed by atoms with Crippen LogP contribution in [0.5, 0.6) is 0 Å². The Bertz CT molecular complexity index is 428. The molecule has 5 heteroatoms. The number of carbonyl (C=O) groups is 1. The number of aromatic nitrogens is 1. The fraction of sp³-hybridized carbons (Fsp3) is 0.538. The summed E-state index contributed by atoms with van der Waals surface area (Å²) in [4.78, 5) is 17.8. The smallest absolute Gasteiger partial charge is 0.339 e. The van der Waals surface area contributed by atoms with Crippen molar-refractivity contribution in [3.63, 3.8) is 0 Å². The van der Waals surface area contributed by atoms with E-state index in [2.05, 4.69) is 28.5 Å². The molecule has 2 rings (SSSR count). The van der Waals surface area contributed by atoms with Crippen molar-refractivity contribution in [1.82, 2.24) is 4.98 Å². The van der Waals surface area contributed by atoms with Gasteiger partial charge < -0.3 is 14.4 Å². The molecule has 1 aromatic rings. The van der Waals surface area contributed by atoms with Crippen LogP contribution in [0.2, 0.25) is 0 Å². The summed E-state index contributed by atoms with van der Waals surface area (Å²) in [6, 6.07) is 3.57. The van der Waals surface area contributed by atoms with Crippen molar-refractivity contribution in [2.75, 3.05) is 31.7 Å². The SMILES string of the molecule is COC(=O)c1ccc(N2CCOC(C)(C)C2)nc1. The first kappa shape index (κ1) is 12.8. The van der Waals surface area contributed by atoms with Gasteiger partial charge in [-0.05, 0) is 26.0 Å². The van der Waals surface area contributed by atoms with Crippen molar-refractivity contribution in [1.29, 1.82) is 0 Å². The minimum atomic E-state index is -0.364. The summed E-state index contributed by atoms with van der Waals surface area (Å²) < 4.78 is 10.3. The molecule has 0 N–H and O–H groups in total. The highest BCUT2D eigenvalue weighted by Crippen LogP contribution is 2.21. The first-order chi connectivity index (χ1) is 8.52. The topological polar surface area (TPSA) is 51.7 Å². The molecular weight excluding hydrogens is 232 g/mol. The first-order valence-electron chi connectivity index (χ1n) is 5.95. The molecule has 0 spiro atoms. The molecule has 98 valence electrons. The van der Waals surface area contributed by atoms with Crippen molar-refractivity contribution >= 4 is 11.8 Å². The Labute approximate surface area is 107 Å². The largest absolute Gasteiger partial charge is 0.465 e. The van der Waals surface area contributed by atoms with E-state index in [9.17, 15) is 4.79 Å². The molecule has 1 aromatic heterocycles. The molecule has 1 aliphatic rings. The van der Waals surface area contributed by atoms with E-state index in [0.29, 0.717) is 12.2 Å². The lowest BCUT2D eigenvalue weighted by molar-refractivity contribution is -0.0279. The Morgan fingerprint density at radius 1 is 1.50 bits per heavy atom. The van der Waals surface area contributed by atoms with Gasteiger partial charge in [0.05, 0.1) is 24.9 Å². The van der Waals surface area contributed by atoms with Crippen molar-refractivity contribution in [2.24, 2.45) is 0 Å². The number of pyridine rings is 1. The van der Waals surface area contributed by atoms with E-state index in [4.69, 9.17) is 4.74 Å². The number of carbonyl (C=O) groups excluding carboxylic acids is 1. The predicted octanol–water partition coefficient (Wildman–Crippen LogP) is 1.48. The van der Waals surface area contributed by atoms with E-state index >= 15 is 0 Å². The Morgan fingerprint density at radius 2 is 2.28 bits per heavy atom. The normalized spacial score (nSPS) is 18.5. The summed E-state index contributed by atoms with van der Waals surface area (Å²) in [5.74, 6) is 0.496. The van der Waals surface area contributed by atoms with Crippen LogP contribution >= 0.6 is 0 Å². The van der Waals surface area contributed by atoms with E-state index in [1.165, 1.54) is 7.11 Å². The average Bonchev–Trinajstić information content (AvgIpc) is 2.37. The summed E-state index contributed by atoms with van der Waals surface area (Å²) in [6.45, 7) is 6.41. The molecule has 0 atom stereocenters. The standard InChI is InChI=1S/C13H18N2O3/c1-13(2)9-15(6-7-18-13)11-5-4-10(8-14-11)12(16)17-3/h4-5,8H,6-7,9H2,1-3H3. The van der Waals surface area contributed by atoms with Crippen LogP contribution in [0.3, 0.4) is 0 Å². The first-order valence-corrected chi connectivity index (χ1v) is 5.95. The van der Waals surface area contributed by atoms with Gasteiger partial charge in [0.2, 0.25) is 0 Å². The number of methoxy groups -OCH3 is 1. The molecule has 1 saturated heterocycles. The summed E-state index contributed by atoms with van der Waals surface area (Å²) >= 11 is 0. The lowest BCUT2D eigenvalue weighted by Crippen LogP contribution is -2.48. The van der Waals surface area contributed by atoms with Gasteiger partial charge in [-0.15, -0.1) is 0 Å². The Morgan fingerprint density at radius 3 is 2.83 bits per heavy atom. The molecule has 0 aromatic carbocycles. The number of esters is 1. The number of ether oxygens (including phenoxy) is 2. The van der Waals surface area contributed by atoms with Crippen LogP contribution in [-0.2, 0) is 9.47 Å². The second kappa shape index (κ2) is 4.94. The van der Waals surface area contributed by atoms with Crippen LogP contribution < -0.4 is 4.90 Å². The van der Waals surface area contributed by atoms with Crippen molar-refractivity contribution < 1.29 is 14.3 Å². The lowest BCUT2D eigenvalue weighted by atomic mass is 10.1. The molecule has 18 heavy (non-hydrogen) atoms. The molecule has 0 amide bonds. The molecule has 0 radical (unpaired) electrons. The van der Waals surface area contributed by atoms with Crippen LogP contribution in [0.25, 0.3) is 0 Å². The fourth-order valence-electron chi connectivity index (χ4n) is 2.02. The van der Waals surface area contributed by atoms with E-state index < -0.39 is 0 Å². The van der Waals surface area contributed by atoms with Gasteiger partial charge in [0.15, 0.2) is 0 Å². The second-order valence-corrected chi connectivity index (χ2v) is 4.93. The Kier molecular flexibility index (Phi) is 3.52. The predicted molar refractivity (Wildman–Crippen MR) is 67.8 cm³/mol. The van der Waals surface area contributed by atoms with Gasteiger partial charge in [-0.2, -0.15) is 0 Å². The molecular formula is C13H18N2O3. The molecule has 1 aliphatic heterocycles. The van der Waals surface area contributed by atoms with E-state index in [-0.39, 0.29) is 11.6 Å². The third-order valence-electron chi connectivity index (χ3n) is 2.92. The molecule has 0 unspecified atom stereocenters. The van der Waals surface area contributed by atoms with E-state index in [0.717, 1.165) is 18.9 Å². The van der Waals surface area contributed by atoms with Crippen LogP contribution in [0.1, 0.15) is 24.2 Å². The Balaban J connectivity index is 2.12. The highest BCUT2D eigenvalue weighted by atomic mass is 16.5. The number of rotatable bonds is 2. The molecule has 0 saturated carbocycles. The number of hydrogen-bond donors (Lipinski definition) is 0. The number of nitrogens with zero attached hydrogens (tertiary/aromatic N) is 2. The summed E-state index contributed by atoms with van der Waals surface area (Å²) in [6.07, 6.45) is 1.55. The minimum absolute atomic E-state index is 0.166. The van der Waals surface area contributed by atoms with Gasteiger partial charge in [-0.25, -0.2) is 9.78 Å². The van der Waals surface area contributed by atoms with Gasteiger partial charge in [0.1, 0.15) is 5.82 Å². The van der Waals surface area contributed by atoms with Gasteiger partial charge in [-0.3, -0.25) is 0 Å². The highest BCUT2D eigenvalue weighted by Gasteiger charge is 2.27. The van der Waals surface area contributed by atoms with Crippen LogP contribution in [0.4, 0.5) is 5.82 Å². The number of anilines is 1. The fourth-order valence-corrected chi connectivity index (χ4v) is 2.02. The molecule has 0 aliphatic carbocycles. The van der Waals surface area contributed by atoms with Gasteiger partial charge in [0.25, 0.3) is 0 Å². The quantitative estimate of drug-likeness (QED) is 0.744. The zero-order valence-corrected chi connectivity index (χ0v) is 11.0. The number of morpholine rings is 1. The van der Waals surface area contributed by atoms with E-state index in [1.54, 1.807) is 12.3 Å². The average molecular weight is 250 g/mol. The summed E-state index contributed by atoms with van der Waals surface area (Å²) in [5, 5.41) is 0. The molecule has 1 fully saturated rings. The minimum Gasteiger partial charge on any atom is -0.465 e. The summed E-state index contributed by atoms with van der Waals surface area (Å²) in [7, 11) is 1.36. The van der Waals surface area contributed by atoms with Crippen molar-refractivity contribution in [3.8, 4) is 0 Å². The lowest BCUT2D eigenvalue weighted by Gasteiger charge is -2.38.